The topological polar surface area (TPSA) is 125 Å². The van der Waals surface area contributed by atoms with E-state index in [4.69, 9.17) is 9.26 Å². The van der Waals surface area contributed by atoms with Gasteiger partial charge in [0.2, 0.25) is 0 Å². The predicted octanol–water partition coefficient (Wildman–Crippen LogP) is 3.35. The van der Waals surface area contributed by atoms with Gasteiger partial charge in [-0.1, -0.05) is 41.6 Å². The molecule has 0 radical (unpaired) electrons. The Morgan fingerprint density at radius 2 is 1.93 bits per heavy atom. The van der Waals surface area contributed by atoms with Gasteiger partial charge in [0.25, 0.3) is 11.6 Å². The number of anilines is 1. The van der Waals surface area contributed by atoms with Gasteiger partial charge in [0.1, 0.15) is 17.0 Å². The van der Waals surface area contributed by atoms with Crippen molar-refractivity contribution in [1.29, 1.82) is 0 Å². The van der Waals surface area contributed by atoms with Gasteiger partial charge in [-0.2, -0.15) is 0 Å². The third-order valence-corrected chi connectivity index (χ3v) is 3.79. The molecule has 0 bridgehead atoms. The van der Waals surface area contributed by atoms with Crippen LogP contribution in [0.15, 0.2) is 59.1 Å². The van der Waals surface area contributed by atoms with Gasteiger partial charge in [0.15, 0.2) is 6.61 Å². The van der Waals surface area contributed by atoms with Crippen LogP contribution in [0.2, 0.25) is 0 Å². The Labute approximate surface area is 159 Å². The van der Waals surface area contributed by atoms with Crippen LogP contribution in [0.5, 0.6) is 0 Å². The Bertz CT molecular complexity index is 1030. The maximum absolute atomic E-state index is 12.4. The number of hydrogen-bond acceptors (Lipinski definition) is 7. The van der Waals surface area contributed by atoms with E-state index in [-0.39, 0.29) is 22.7 Å². The van der Waals surface area contributed by atoms with Crippen molar-refractivity contribution in [2.24, 2.45) is 0 Å². The molecule has 0 aliphatic heterocycles. The minimum atomic E-state index is -0.758. The maximum atomic E-state index is 12.4. The molecule has 0 unspecified atom stereocenters. The fourth-order valence-electron chi connectivity index (χ4n) is 2.50. The van der Waals surface area contributed by atoms with Crippen molar-refractivity contribution in [3.05, 3.63) is 76.0 Å². The summed E-state index contributed by atoms with van der Waals surface area (Å²) in [5, 5.41) is 17.1. The van der Waals surface area contributed by atoms with Gasteiger partial charge in [-0.25, -0.2) is 4.79 Å². The lowest BCUT2D eigenvalue weighted by Gasteiger charge is -2.07. The van der Waals surface area contributed by atoms with Crippen molar-refractivity contribution in [3.8, 4) is 11.3 Å². The normalized spacial score (nSPS) is 10.3. The number of hydrogen-bond donors (Lipinski definition) is 1. The molecule has 2 aromatic carbocycles. The molecule has 3 aromatic rings. The van der Waals surface area contributed by atoms with E-state index in [1.165, 1.54) is 24.3 Å². The third-order valence-electron chi connectivity index (χ3n) is 3.79. The van der Waals surface area contributed by atoms with Crippen molar-refractivity contribution in [1.82, 2.24) is 5.16 Å². The molecule has 0 spiro atoms. The summed E-state index contributed by atoms with van der Waals surface area (Å²) in [5.74, 6) is -1.13. The smallest absolute Gasteiger partial charge is 0.344 e. The molecule has 0 saturated heterocycles. The quantitative estimate of drug-likeness (QED) is 0.394. The third kappa shape index (κ3) is 4.21. The van der Waals surface area contributed by atoms with Crippen LogP contribution in [-0.4, -0.2) is 28.6 Å². The van der Waals surface area contributed by atoms with Crippen LogP contribution in [0.4, 0.5) is 11.4 Å². The Morgan fingerprint density at radius 3 is 2.64 bits per heavy atom. The molecule has 0 saturated carbocycles. The first-order valence-electron chi connectivity index (χ1n) is 8.19. The number of rotatable bonds is 6. The van der Waals surface area contributed by atoms with Crippen LogP contribution < -0.4 is 5.32 Å². The van der Waals surface area contributed by atoms with Crippen molar-refractivity contribution >= 4 is 23.3 Å². The molecule has 0 aliphatic carbocycles. The summed E-state index contributed by atoms with van der Waals surface area (Å²) in [5.41, 5.74) is 1.19. The molecule has 0 aliphatic rings. The lowest BCUT2D eigenvalue weighted by Crippen LogP contribution is -2.21. The molecule has 0 fully saturated rings. The number of nitrogens with one attached hydrogen (secondary N) is 1. The summed E-state index contributed by atoms with van der Waals surface area (Å²) in [6, 6.07) is 14.4. The fourth-order valence-corrected chi connectivity index (χ4v) is 2.50. The number of ether oxygens (including phenoxy) is 1. The number of carbonyl (C=O) groups is 2. The summed E-state index contributed by atoms with van der Waals surface area (Å²) in [6.07, 6.45) is 0. The molecule has 1 amide bonds. The van der Waals surface area contributed by atoms with E-state index in [1.807, 2.05) is 6.07 Å². The number of aryl methyl sites for hydroxylation is 1. The molecule has 1 aromatic heterocycles. The van der Waals surface area contributed by atoms with Gasteiger partial charge >= 0.3 is 5.97 Å². The second-order valence-corrected chi connectivity index (χ2v) is 5.76. The predicted molar refractivity (Wildman–Crippen MR) is 98.7 cm³/mol. The molecule has 142 valence electrons. The lowest BCUT2D eigenvalue weighted by atomic mass is 10.1. The average Bonchev–Trinajstić information content (AvgIpc) is 3.08. The van der Waals surface area contributed by atoms with E-state index in [1.54, 1.807) is 31.2 Å². The summed E-state index contributed by atoms with van der Waals surface area (Å²) < 4.78 is 10.2. The molecule has 1 heterocycles. The lowest BCUT2D eigenvalue weighted by molar-refractivity contribution is -0.384. The highest BCUT2D eigenvalue weighted by Crippen LogP contribution is 2.25. The van der Waals surface area contributed by atoms with Crippen molar-refractivity contribution in [2.75, 3.05) is 11.9 Å². The summed E-state index contributed by atoms with van der Waals surface area (Å²) in [6.45, 7) is 1.000. The number of nitrogens with zero attached hydrogens (tertiary/aromatic N) is 2. The number of amides is 1. The number of nitro groups is 1. The van der Waals surface area contributed by atoms with Gasteiger partial charge in [-0.3, -0.25) is 14.9 Å². The zero-order chi connectivity index (χ0) is 20.1. The molecule has 1 N–H and O–H groups in total. The van der Waals surface area contributed by atoms with Crippen LogP contribution in [0.25, 0.3) is 11.3 Å². The van der Waals surface area contributed by atoms with Gasteiger partial charge in [0.05, 0.1) is 4.92 Å². The highest BCUT2D eigenvalue weighted by Gasteiger charge is 2.23. The molecule has 9 nitrogen and oxygen atoms in total. The van der Waals surface area contributed by atoms with Crippen LogP contribution in [0, 0.1) is 17.0 Å². The molecule has 0 atom stereocenters. The number of esters is 1. The monoisotopic (exact) mass is 381 g/mol. The SMILES string of the molecule is Cc1onc(-c2ccccc2)c1C(=O)OCC(=O)Nc1cccc([N+](=O)[O-])c1. The Morgan fingerprint density at radius 1 is 1.18 bits per heavy atom. The van der Waals surface area contributed by atoms with E-state index in [0.29, 0.717) is 11.3 Å². The minimum absolute atomic E-state index is 0.134. The molecular weight excluding hydrogens is 366 g/mol. The van der Waals surface area contributed by atoms with E-state index < -0.39 is 23.4 Å². The first kappa shape index (κ1) is 18.8. The Balaban J connectivity index is 1.66. The first-order chi connectivity index (χ1) is 13.5. The van der Waals surface area contributed by atoms with Gasteiger partial charge in [-0.05, 0) is 13.0 Å². The largest absolute Gasteiger partial charge is 0.452 e. The van der Waals surface area contributed by atoms with Crippen LogP contribution >= 0.6 is 0 Å². The molecular formula is C19H15N3O6. The average molecular weight is 381 g/mol. The number of carbonyl (C=O) groups excluding carboxylic acids is 2. The van der Waals surface area contributed by atoms with Crippen LogP contribution in [0.3, 0.4) is 0 Å². The summed E-state index contributed by atoms with van der Waals surface area (Å²) in [7, 11) is 0. The second kappa shape index (κ2) is 8.12. The van der Waals surface area contributed by atoms with Crippen molar-refractivity contribution in [2.45, 2.75) is 6.92 Å². The zero-order valence-corrected chi connectivity index (χ0v) is 14.7. The Hall–Kier alpha value is -4.01. The molecule has 28 heavy (non-hydrogen) atoms. The number of aromatic nitrogens is 1. The summed E-state index contributed by atoms with van der Waals surface area (Å²) in [4.78, 5) is 34.6. The van der Waals surface area contributed by atoms with Crippen molar-refractivity contribution in [3.63, 3.8) is 0 Å². The van der Waals surface area contributed by atoms with E-state index in [9.17, 15) is 19.7 Å². The first-order valence-corrected chi connectivity index (χ1v) is 8.19. The standard InChI is InChI=1S/C19H15N3O6/c1-12-17(18(21-28-12)13-6-3-2-4-7-13)19(24)27-11-16(23)20-14-8-5-9-15(10-14)22(25)26/h2-10H,11H2,1H3,(H,20,23). The number of nitro benzene ring substituents is 1. The Kier molecular flexibility index (Phi) is 5.45. The maximum Gasteiger partial charge on any atom is 0.344 e. The van der Waals surface area contributed by atoms with E-state index in [2.05, 4.69) is 10.5 Å². The number of non-ortho nitro benzene ring substituents is 1. The van der Waals surface area contributed by atoms with Gasteiger partial charge in [0, 0.05) is 23.4 Å². The van der Waals surface area contributed by atoms with Crippen LogP contribution in [0.1, 0.15) is 16.1 Å². The number of benzene rings is 2. The highest BCUT2D eigenvalue weighted by atomic mass is 16.6. The fraction of sp³-hybridized carbons (Fsp3) is 0.105. The minimum Gasteiger partial charge on any atom is -0.452 e. The van der Waals surface area contributed by atoms with E-state index in [0.717, 1.165) is 0 Å². The highest BCUT2D eigenvalue weighted by molar-refractivity contribution is 5.99. The molecule has 9 heteroatoms. The van der Waals surface area contributed by atoms with Gasteiger partial charge in [-0.15, -0.1) is 0 Å². The van der Waals surface area contributed by atoms with E-state index >= 15 is 0 Å². The second-order valence-electron chi connectivity index (χ2n) is 5.76. The van der Waals surface area contributed by atoms with Crippen molar-refractivity contribution < 1.29 is 23.8 Å². The molecule has 3 rings (SSSR count). The van der Waals surface area contributed by atoms with Gasteiger partial charge < -0.3 is 14.6 Å². The summed E-state index contributed by atoms with van der Waals surface area (Å²) >= 11 is 0. The van der Waals surface area contributed by atoms with Crippen LogP contribution in [-0.2, 0) is 9.53 Å². The zero-order valence-electron chi connectivity index (χ0n) is 14.7.